The Kier molecular flexibility index (Phi) is 4.01. The highest BCUT2D eigenvalue weighted by Gasteiger charge is 2.24. The van der Waals surface area contributed by atoms with Gasteiger partial charge in [-0.05, 0) is 32.4 Å². The number of para-hydroxylation sites is 1. The average molecular weight is 275 g/mol. The second-order valence-corrected chi connectivity index (χ2v) is 5.56. The van der Waals surface area contributed by atoms with E-state index in [1.165, 1.54) is 0 Å². The zero-order valence-corrected chi connectivity index (χ0v) is 12.0. The number of hydrogen-bond acceptors (Lipinski definition) is 2. The van der Waals surface area contributed by atoms with Gasteiger partial charge < -0.3 is 5.32 Å². The van der Waals surface area contributed by atoms with Crippen LogP contribution in [-0.4, -0.2) is 28.5 Å². The summed E-state index contributed by atoms with van der Waals surface area (Å²) < 4.78 is 16.5. The van der Waals surface area contributed by atoms with Crippen molar-refractivity contribution in [2.45, 2.75) is 51.4 Å². The molecule has 1 aliphatic rings. The first kappa shape index (κ1) is 13.6. The van der Waals surface area contributed by atoms with Gasteiger partial charge in [-0.15, -0.1) is 0 Å². The molecule has 1 saturated heterocycles. The maximum absolute atomic E-state index is 14.5. The Balaban J connectivity index is 1.83. The van der Waals surface area contributed by atoms with E-state index in [0.29, 0.717) is 6.42 Å². The zero-order valence-electron chi connectivity index (χ0n) is 12.0. The first-order valence-electron chi connectivity index (χ1n) is 7.61. The van der Waals surface area contributed by atoms with Gasteiger partial charge >= 0.3 is 0 Å². The van der Waals surface area contributed by atoms with E-state index >= 15 is 0 Å². The molecule has 1 aromatic heterocycles. The second kappa shape index (κ2) is 5.92. The van der Waals surface area contributed by atoms with Crippen LogP contribution in [0.25, 0.3) is 10.9 Å². The summed E-state index contributed by atoms with van der Waals surface area (Å²) in [6.07, 6.45) is 2.79. The molecule has 2 atom stereocenters. The number of aromatic nitrogens is 2. The van der Waals surface area contributed by atoms with Gasteiger partial charge in [0.2, 0.25) is 0 Å². The van der Waals surface area contributed by atoms with Gasteiger partial charge in [-0.25, -0.2) is 4.39 Å². The zero-order chi connectivity index (χ0) is 13.9. The van der Waals surface area contributed by atoms with E-state index in [0.717, 1.165) is 48.9 Å². The van der Waals surface area contributed by atoms with E-state index in [2.05, 4.69) is 23.4 Å². The van der Waals surface area contributed by atoms with Crippen molar-refractivity contribution in [3.05, 3.63) is 30.0 Å². The van der Waals surface area contributed by atoms with Crippen LogP contribution in [0.2, 0.25) is 0 Å². The molecule has 4 heteroatoms. The van der Waals surface area contributed by atoms with Gasteiger partial charge in [0.1, 0.15) is 6.17 Å². The van der Waals surface area contributed by atoms with E-state index < -0.39 is 6.17 Å². The van der Waals surface area contributed by atoms with Crippen LogP contribution >= 0.6 is 0 Å². The third kappa shape index (κ3) is 2.57. The average Bonchev–Trinajstić information content (AvgIpc) is 2.86. The van der Waals surface area contributed by atoms with Gasteiger partial charge in [0.15, 0.2) is 0 Å². The Morgan fingerprint density at radius 2 is 2.25 bits per heavy atom. The molecule has 108 valence electrons. The molecule has 1 N–H and O–H groups in total. The van der Waals surface area contributed by atoms with Crippen molar-refractivity contribution >= 4 is 10.9 Å². The van der Waals surface area contributed by atoms with Gasteiger partial charge in [-0.3, -0.25) is 4.68 Å². The SMILES string of the molecule is CCn1nc(CC(F)C2CCCCN2)c2ccccc21. The quantitative estimate of drug-likeness (QED) is 0.929. The standard InChI is InChI=1S/C16H22FN3/c1-2-20-16-9-4-3-7-12(16)15(19-20)11-13(17)14-8-5-6-10-18-14/h3-4,7,9,13-14,18H,2,5-6,8,10-11H2,1H3. The summed E-state index contributed by atoms with van der Waals surface area (Å²) in [6.45, 7) is 3.83. The van der Waals surface area contributed by atoms with Gasteiger partial charge in [0.25, 0.3) is 0 Å². The lowest BCUT2D eigenvalue weighted by atomic mass is 9.97. The molecule has 1 aliphatic heterocycles. The Labute approximate surface area is 119 Å². The monoisotopic (exact) mass is 275 g/mol. The number of nitrogens with one attached hydrogen (secondary N) is 1. The molecular weight excluding hydrogens is 253 g/mol. The van der Waals surface area contributed by atoms with Crippen LogP contribution in [0.3, 0.4) is 0 Å². The normalized spacial score (nSPS) is 21.2. The molecule has 1 fully saturated rings. The number of hydrogen-bond donors (Lipinski definition) is 1. The van der Waals surface area contributed by atoms with Gasteiger partial charge in [0, 0.05) is 24.4 Å². The number of fused-ring (bicyclic) bond motifs is 1. The Bertz CT molecular complexity index is 572. The molecule has 0 bridgehead atoms. The van der Waals surface area contributed by atoms with Crippen LogP contribution in [0.5, 0.6) is 0 Å². The fourth-order valence-electron chi connectivity index (χ4n) is 3.10. The predicted molar refractivity (Wildman–Crippen MR) is 79.6 cm³/mol. The first-order valence-corrected chi connectivity index (χ1v) is 7.61. The van der Waals surface area contributed by atoms with Crippen LogP contribution in [0.1, 0.15) is 31.9 Å². The highest BCUT2D eigenvalue weighted by atomic mass is 19.1. The van der Waals surface area contributed by atoms with Crippen LogP contribution in [0.15, 0.2) is 24.3 Å². The number of piperidine rings is 1. The molecule has 0 spiro atoms. The Morgan fingerprint density at radius 1 is 1.40 bits per heavy atom. The van der Waals surface area contributed by atoms with Crippen molar-refractivity contribution in [1.82, 2.24) is 15.1 Å². The van der Waals surface area contributed by atoms with E-state index in [-0.39, 0.29) is 6.04 Å². The van der Waals surface area contributed by atoms with Crippen LogP contribution in [-0.2, 0) is 13.0 Å². The molecule has 0 radical (unpaired) electrons. The highest BCUT2D eigenvalue weighted by Crippen LogP contribution is 2.23. The molecule has 0 aliphatic carbocycles. The number of nitrogens with zero attached hydrogens (tertiary/aromatic N) is 2. The Hall–Kier alpha value is -1.42. The van der Waals surface area contributed by atoms with Crippen LogP contribution in [0, 0.1) is 0 Å². The lowest BCUT2D eigenvalue weighted by Crippen LogP contribution is -2.42. The van der Waals surface area contributed by atoms with Gasteiger partial charge in [-0.1, -0.05) is 24.6 Å². The molecule has 2 aromatic rings. The Morgan fingerprint density at radius 3 is 3.00 bits per heavy atom. The third-order valence-corrected chi connectivity index (χ3v) is 4.21. The molecule has 3 rings (SSSR count). The molecule has 3 nitrogen and oxygen atoms in total. The number of benzene rings is 1. The topological polar surface area (TPSA) is 29.9 Å². The molecule has 2 unspecified atom stereocenters. The van der Waals surface area contributed by atoms with Crippen LogP contribution in [0.4, 0.5) is 4.39 Å². The molecule has 2 heterocycles. The van der Waals surface area contributed by atoms with Crippen molar-refractivity contribution < 1.29 is 4.39 Å². The number of rotatable bonds is 4. The highest BCUT2D eigenvalue weighted by molar-refractivity contribution is 5.82. The lowest BCUT2D eigenvalue weighted by molar-refractivity contribution is 0.216. The predicted octanol–water partition coefficient (Wildman–Crippen LogP) is 3.08. The van der Waals surface area contributed by atoms with Crippen molar-refractivity contribution in [2.24, 2.45) is 0 Å². The first-order chi connectivity index (χ1) is 9.79. The summed E-state index contributed by atoms with van der Waals surface area (Å²) in [5.41, 5.74) is 2.00. The lowest BCUT2D eigenvalue weighted by Gasteiger charge is -2.26. The summed E-state index contributed by atoms with van der Waals surface area (Å²) in [5, 5.41) is 8.98. The minimum atomic E-state index is -0.848. The summed E-state index contributed by atoms with van der Waals surface area (Å²) >= 11 is 0. The van der Waals surface area contributed by atoms with Crippen molar-refractivity contribution in [3.63, 3.8) is 0 Å². The van der Waals surface area contributed by atoms with E-state index in [1.807, 2.05) is 22.9 Å². The molecular formula is C16H22FN3. The number of halogens is 1. The minimum absolute atomic E-state index is 0.00529. The largest absolute Gasteiger partial charge is 0.311 e. The van der Waals surface area contributed by atoms with E-state index in [1.54, 1.807) is 0 Å². The fourth-order valence-corrected chi connectivity index (χ4v) is 3.10. The van der Waals surface area contributed by atoms with Gasteiger partial charge in [-0.2, -0.15) is 5.10 Å². The third-order valence-electron chi connectivity index (χ3n) is 4.21. The van der Waals surface area contributed by atoms with Crippen molar-refractivity contribution in [1.29, 1.82) is 0 Å². The minimum Gasteiger partial charge on any atom is -0.311 e. The summed E-state index contributed by atoms with van der Waals surface area (Å²) in [4.78, 5) is 0. The molecule has 0 amide bonds. The van der Waals surface area contributed by atoms with Crippen LogP contribution < -0.4 is 5.32 Å². The van der Waals surface area contributed by atoms with E-state index in [9.17, 15) is 4.39 Å². The number of aryl methyl sites for hydroxylation is 1. The summed E-state index contributed by atoms with van der Waals surface area (Å²) in [7, 11) is 0. The number of alkyl halides is 1. The second-order valence-electron chi connectivity index (χ2n) is 5.56. The maximum atomic E-state index is 14.5. The van der Waals surface area contributed by atoms with Crippen molar-refractivity contribution in [3.8, 4) is 0 Å². The smallest absolute Gasteiger partial charge is 0.121 e. The molecule has 20 heavy (non-hydrogen) atoms. The molecule has 1 aromatic carbocycles. The van der Waals surface area contributed by atoms with Crippen molar-refractivity contribution in [2.75, 3.05) is 6.54 Å². The summed E-state index contributed by atoms with van der Waals surface area (Å²) in [5.74, 6) is 0. The molecule has 0 saturated carbocycles. The maximum Gasteiger partial charge on any atom is 0.121 e. The van der Waals surface area contributed by atoms with Gasteiger partial charge in [0.05, 0.1) is 11.2 Å². The van der Waals surface area contributed by atoms with E-state index in [4.69, 9.17) is 0 Å². The fraction of sp³-hybridized carbons (Fsp3) is 0.562. The summed E-state index contributed by atoms with van der Waals surface area (Å²) in [6, 6.07) is 8.11.